The lowest BCUT2D eigenvalue weighted by Crippen LogP contribution is -2.66. The molecular weight excluding hydrogens is 530 g/mol. The largest absolute Gasteiger partial charge is 0.490 e. The average molecular weight is 574 g/mol. The van der Waals surface area contributed by atoms with Gasteiger partial charge in [-0.1, -0.05) is 30.3 Å². The Morgan fingerprint density at radius 1 is 0.952 bits per heavy atom. The van der Waals surface area contributed by atoms with E-state index in [0.29, 0.717) is 25.7 Å². The molecule has 4 heterocycles. The van der Waals surface area contributed by atoms with Crippen molar-refractivity contribution in [1.82, 2.24) is 30.4 Å². The fourth-order valence-corrected chi connectivity index (χ4v) is 6.25. The molecule has 2 atom stereocenters. The summed E-state index contributed by atoms with van der Waals surface area (Å²) in [6.45, 7) is 9.35. The molecule has 42 heavy (non-hydrogen) atoms. The predicted molar refractivity (Wildman–Crippen MR) is 164 cm³/mol. The third-order valence-electron chi connectivity index (χ3n) is 8.80. The van der Waals surface area contributed by atoms with Crippen molar-refractivity contribution in [3.05, 3.63) is 54.4 Å². The molecule has 2 aromatic carbocycles. The summed E-state index contributed by atoms with van der Waals surface area (Å²) in [5, 5.41) is 7.74. The molecular formula is C32H43N7O3. The Hall–Kier alpha value is -3.47. The summed E-state index contributed by atoms with van der Waals surface area (Å²) in [7, 11) is 2.18. The first-order chi connectivity index (χ1) is 20.6. The third-order valence-corrected chi connectivity index (χ3v) is 8.80. The van der Waals surface area contributed by atoms with Gasteiger partial charge in [0.25, 0.3) is 0 Å². The van der Waals surface area contributed by atoms with Crippen LogP contribution in [0.4, 0.5) is 5.82 Å². The number of amides is 1. The molecule has 3 aliphatic rings. The van der Waals surface area contributed by atoms with E-state index in [0.717, 1.165) is 86.8 Å². The van der Waals surface area contributed by atoms with E-state index in [-0.39, 0.29) is 18.1 Å². The van der Waals surface area contributed by atoms with Crippen LogP contribution in [-0.2, 0) is 11.2 Å². The van der Waals surface area contributed by atoms with Crippen LogP contribution < -0.4 is 25.0 Å². The van der Waals surface area contributed by atoms with E-state index in [4.69, 9.17) is 14.5 Å². The summed E-state index contributed by atoms with van der Waals surface area (Å²) in [5.41, 5.74) is 2.04. The maximum Gasteiger partial charge on any atom is 0.226 e. The first kappa shape index (κ1) is 28.6. The van der Waals surface area contributed by atoms with Gasteiger partial charge < -0.3 is 24.6 Å². The molecule has 2 N–H and O–H groups in total. The highest BCUT2D eigenvalue weighted by atomic mass is 16.5. The summed E-state index contributed by atoms with van der Waals surface area (Å²) in [6.07, 6.45) is 4.53. The molecule has 3 aromatic rings. The van der Waals surface area contributed by atoms with Gasteiger partial charge in [0.1, 0.15) is 18.4 Å². The summed E-state index contributed by atoms with van der Waals surface area (Å²) in [5.74, 6) is 3.01. The summed E-state index contributed by atoms with van der Waals surface area (Å²) >= 11 is 0. The molecule has 6 rings (SSSR count). The molecule has 224 valence electrons. The second kappa shape index (κ2) is 13.2. The Morgan fingerprint density at radius 2 is 1.71 bits per heavy atom. The summed E-state index contributed by atoms with van der Waals surface area (Å²) in [6, 6.07) is 14.3. The number of carbonyl (C=O) groups is 1. The number of aromatic nitrogens is 2. The zero-order valence-corrected chi connectivity index (χ0v) is 24.8. The van der Waals surface area contributed by atoms with Crippen molar-refractivity contribution in [1.29, 1.82) is 0 Å². The maximum atomic E-state index is 12.9. The van der Waals surface area contributed by atoms with Gasteiger partial charge in [0.2, 0.25) is 5.91 Å². The van der Waals surface area contributed by atoms with E-state index in [2.05, 4.69) is 55.6 Å². The smallest absolute Gasteiger partial charge is 0.226 e. The number of hydrogen-bond acceptors (Lipinski definition) is 9. The van der Waals surface area contributed by atoms with Crippen LogP contribution in [0, 0.1) is 11.8 Å². The molecule has 0 radical (unpaired) electrons. The zero-order chi connectivity index (χ0) is 28.9. The summed E-state index contributed by atoms with van der Waals surface area (Å²) < 4.78 is 12.4. The molecule has 0 spiro atoms. The Kier molecular flexibility index (Phi) is 9.02. The van der Waals surface area contributed by atoms with Crippen LogP contribution >= 0.6 is 0 Å². The third kappa shape index (κ3) is 6.61. The number of benzene rings is 2. The topological polar surface area (TPSA) is 95.1 Å². The van der Waals surface area contributed by atoms with E-state index < -0.39 is 0 Å². The number of ether oxygens (including phenoxy) is 2. The lowest BCUT2D eigenvalue weighted by molar-refractivity contribution is -0.130. The molecule has 10 heteroatoms. The van der Waals surface area contributed by atoms with Gasteiger partial charge >= 0.3 is 0 Å². The first-order valence-electron chi connectivity index (χ1n) is 15.4. The molecule has 0 bridgehead atoms. The minimum Gasteiger partial charge on any atom is -0.490 e. The van der Waals surface area contributed by atoms with E-state index in [1.54, 1.807) is 6.33 Å². The number of carbonyl (C=O) groups excluding carboxylic acids is 1. The number of nitrogens with zero attached hydrogens (tertiary/aromatic N) is 5. The quantitative estimate of drug-likeness (QED) is 0.401. The van der Waals surface area contributed by atoms with Crippen molar-refractivity contribution in [2.75, 3.05) is 71.0 Å². The average Bonchev–Trinajstić information content (AvgIpc) is 3.02. The Bertz CT molecular complexity index is 1340. The van der Waals surface area contributed by atoms with Crippen LogP contribution in [0.15, 0.2) is 48.8 Å². The van der Waals surface area contributed by atoms with Gasteiger partial charge in [0.05, 0.1) is 24.6 Å². The van der Waals surface area contributed by atoms with Crippen molar-refractivity contribution in [2.45, 2.75) is 32.5 Å². The minimum atomic E-state index is -0.151. The normalized spacial score (nSPS) is 22.7. The summed E-state index contributed by atoms with van der Waals surface area (Å²) in [4.78, 5) is 29.2. The lowest BCUT2D eigenvalue weighted by Gasteiger charge is -2.42. The SMILES string of the molecule is CCOc1cc2ncnc(N3CCN(C4NCC(Cc5ccccc5)C(=O)N4)CC3)c2cc1OCC1CCN(C)CC1. The molecule has 1 aromatic heterocycles. The molecule has 3 saturated heterocycles. The Balaban J connectivity index is 1.10. The van der Waals surface area contributed by atoms with Crippen LogP contribution in [-0.4, -0.2) is 98.0 Å². The number of rotatable bonds is 9. The van der Waals surface area contributed by atoms with E-state index in [1.807, 2.05) is 31.2 Å². The molecule has 3 fully saturated rings. The standard InChI is InChI=1S/C32H43N7O3/c1-3-41-29-19-27-26(18-28(29)42-21-24-9-11-37(2)12-10-24)30(35-22-34-27)38-13-15-39(16-14-38)32-33-20-25(31(40)36-32)17-23-7-5-4-6-8-23/h4-8,18-19,22,24-25,32-33H,3,9-17,20-21H2,1-2H3,(H,36,40). The molecule has 2 unspecified atom stereocenters. The fourth-order valence-electron chi connectivity index (χ4n) is 6.25. The number of fused-ring (bicyclic) bond motifs is 1. The van der Waals surface area contributed by atoms with E-state index in [9.17, 15) is 4.79 Å². The monoisotopic (exact) mass is 573 g/mol. The van der Waals surface area contributed by atoms with Gasteiger partial charge in [-0.05, 0) is 63.9 Å². The van der Waals surface area contributed by atoms with Gasteiger partial charge in [-0.15, -0.1) is 0 Å². The molecule has 0 saturated carbocycles. The minimum absolute atomic E-state index is 0.0604. The number of likely N-dealkylation sites (tertiary alicyclic amines) is 1. The zero-order valence-electron chi connectivity index (χ0n) is 24.8. The predicted octanol–water partition coefficient (Wildman–Crippen LogP) is 2.73. The molecule has 10 nitrogen and oxygen atoms in total. The van der Waals surface area contributed by atoms with Crippen LogP contribution in [0.25, 0.3) is 10.9 Å². The van der Waals surface area contributed by atoms with Crippen molar-refractivity contribution < 1.29 is 14.3 Å². The van der Waals surface area contributed by atoms with Gasteiger partial charge in [-0.3, -0.25) is 15.0 Å². The lowest BCUT2D eigenvalue weighted by atomic mass is 9.97. The van der Waals surface area contributed by atoms with Crippen molar-refractivity contribution in [3.63, 3.8) is 0 Å². The van der Waals surface area contributed by atoms with E-state index >= 15 is 0 Å². The second-order valence-electron chi connectivity index (χ2n) is 11.7. The van der Waals surface area contributed by atoms with Crippen LogP contribution in [0.5, 0.6) is 11.5 Å². The van der Waals surface area contributed by atoms with Crippen LogP contribution in [0.3, 0.4) is 0 Å². The number of piperidine rings is 1. The fraction of sp³-hybridized carbons (Fsp3) is 0.531. The van der Waals surface area contributed by atoms with E-state index in [1.165, 1.54) is 5.56 Å². The number of hydrogen-bond donors (Lipinski definition) is 2. The van der Waals surface area contributed by atoms with Crippen molar-refractivity contribution in [2.24, 2.45) is 11.8 Å². The number of anilines is 1. The first-order valence-corrected chi connectivity index (χ1v) is 15.4. The number of nitrogens with one attached hydrogen (secondary N) is 2. The van der Waals surface area contributed by atoms with Crippen LogP contribution in [0.2, 0.25) is 0 Å². The Labute approximate surface area is 248 Å². The molecule has 0 aliphatic carbocycles. The second-order valence-corrected chi connectivity index (χ2v) is 11.7. The van der Waals surface area contributed by atoms with Gasteiger partial charge in [0.15, 0.2) is 11.5 Å². The van der Waals surface area contributed by atoms with Crippen LogP contribution in [0.1, 0.15) is 25.3 Å². The highest BCUT2D eigenvalue weighted by molar-refractivity contribution is 5.92. The molecule has 3 aliphatic heterocycles. The van der Waals surface area contributed by atoms with Crippen molar-refractivity contribution >= 4 is 22.6 Å². The highest BCUT2D eigenvalue weighted by Gasteiger charge is 2.33. The van der Waals surface area contributed by atoms with Gasteiger partial charge in [-0.2, -0.15) is 0 Å². The number of piperazine rings is 1. The Morgan fingerprint density at radius 3 is 2.45 bits per heavy atom. The van der Waals surface area contributed by atoms with Crippen molar-refractivity contribution in [3.8, 4) is 11.5 Å². The highest BCUT2D eigenvalue weighted by Crippen LogP contribution is 2.36. The maximum absolute atomic E-state index is 12.9. The van der Waals surface area contributed by atoms with Gasteiger partial charge in [0, 0.05) is 44.2 Å². The molecule has 1 amide bonds. The van der Waals surface area contributed by atoms with Gasteiger partial charge in [-0.25, -0.2) is 9.97 Å².